The highest BCUT2D eigenvalue weighted by atomic mass is 19.1. The molecule has 0 atom stereocenters. The monoisotopic (exact) mass is 615 g/mol. The van der Waals surface area contributed by atoms with Gasteiger partial charge in [-0.25, -0.2) is 29.1 Å². The van der Waals surface area contributed by atoms with Gasteiger partial charge in [-0.3, -0.25) is 9.78 Å². The zero-order valence-corrected chi connectivity index (χ0v) is 25.4. The van der Waals surface area contributed by atoms with Gasteiger partial charge in [-0.15, -0.1) is 0 Å². The Labute approximate surface area is 259 Å². The van der Waals surface area contributed by atoms with E-state index in [2.05, 4.69) is 30.2 Å². The number of fused-ring (bicyclic) bond motifs is 1. The van der Waals surface area contributed by atoms with E-state index in [4.69, 9.17) is 14.5 Å². The van der Waals surface area contributed by atoms with Gasteiger partial charge in [0.15, 0.2) is 5.82 Å². The average molecular weight is 616 g/mol. The minimum absolute atomic E-state index is 0.102. The van der Waals surface area contributed by atoms with Crippen LogP contribution in [0.15, 0.2) is 48.9 Å². The van der Waals surface area contributed by atoms with Crippen molar-refractivity contribution in [3.63, 3.8) is 0 Å². The van der Waals surface area contributed by atoms with E-state index in [1.54, 1.807) is 46.3 Å². The second-order valence-corrected chi connectivity index (χ2v) is 11.7. The Bertz CT molecular complexity index is 1700. The van der Waals surface area contributed by atoms with E-state index < -0.39 is 11.4 Å². The Hall–Kier alpha value is -4.98. The summed E-state index contributed by atoms with van der Waals surface area (Å²) in [6.45, 7) is 9.72. The summed E-state index contributed by atoms with van der Waals surface area (Å²) in [5, 5.41) is 2.98. The first-order valence-electron chi connectivity index (χ1n) is 14.8. The average Bonchev–Trinajstić information content (AvgIpc) is 3.05. The number of amides is 2. The minimum Gasteiger partial charge on any atom is -0.444 e. The van der Waals surface area contributed by atoms with Crippen LogP contribution in [0.2, 0.25) is 0 Å². The second kappa shape index (κ2) is 12.6. The first-order chi connectivity index (χ1) is 21.6. The van der Waals surface area contributed by atoms with Crippen molar-refractivity contribution in [2.45, 2.75) is 26.4 Å². The van der Waals surface area contributed by atoms with Crippen LogP contribution in [0.4, 0.5) is 26.8 Å². The molecule has 0 aliphatic carbocycles. The molecule has 14 heteroatoms. The molecule has 1 N–H and O–H groups in total. The summed E-state index contributed by atoms with van der Waals surface area (Å²) in [7, 11) is 0. The van der Waals surface area contributed by atoms with Gasteiger partial charge in [-0.1, -0.05) is 6.07 Å². The number of piperazine rings is 1. The molecular formula is C31H34FN9O4. The number of anilines is 3. The van der Waals surface area contributed by atoms with Crippen LogP contribution >= 0.6 is 0 Å². The molecule has 13 nitrogen and oxygen atoms in total. The molecule has 45 heavy (non-hydrogen) atoms. The van der Waals surface area contributed by atoms with Gasteiger partial charge in [-0.05, 0) is 45.0 Å². The number of carbonyl (C=O) groups is 2. The molecule has 0 unspecified atom stereocenters. The van der Waals surface area contributed by atoms with Gasteiger partial charge in [0, 0.05) is 51.0 Å². The van der Waals surface area contributed by atoms with E-state index >= 15 is 0 Å². The third-order valence-electron chi connectivity index (χ3n) is 7.35. The molecule has 6 rings (SSSR count). The molecule has 5 heterocycles. The van der Waals surface area contributed by atoms with Crippen LogP contribution in [0.3, 0.4) is 0 Å². The number of rotatable bonds is 5. The molecular weight excluding hydrogens is 581 g/mol. The zero-order valence-electron chi connectivity index (χ0n) is 25.4. The molecule has 2 saturated heterocycles. The Kier molecular flexibility index (Phi) is 8.39. The fourth-order valence-electron chi connectivity index (χ4n) is 5.03. The van der Waals surface area contributed by atoms with E-state index in [0.29, 0.717) is 67.4 Å². The number of pyridine rings is 1. The maximum atomic E-state index is 14.9. The smallest absolute Gasteiger partial charge is 0.410 e. The molecule has 2 aliphatic heterocycles. The largest absolute Gasteiger partial charge is 0.444 e. The van der Waals surface area contributed by atoms with Crippen LogP contribution < -0.4 is 10.2 Å². The number of benzene rings is 1. The number of morpholine rings is 1. The normalized spacial score (nSPS) is 15.7. The summed E-state index contributed by atoms with van der Waals surface area (Å²) in [6.07, 6.45) is 3.91. The molecule has 3 aromatic heterocycles. The fourth-order valence-corrected chi connectivity index (χ4v) is 5.03. The Morgan fingerprint density at radius 3 is 2.33 bits per heavy atom. The number of aromatic nitrogens is 5. The quantitative estimate of drug-likeness (QED) is 0.350. The highest BCUT2D eigenvalue weighted by Gasteiger charge is 2.28. The maximum absolute atomic E-state index is 14.9. The number of ether oxygens (including phenoxy) is 2. The lowest BCUT2D eigenvalue weighted by Crippen LogP contribution is -2.51. The van der Waals surface area contributed by atoms with Gasteiger partial charge in [0.05, 0.1) is 42.2 Å². The predicted octanol–water partition coefficient (Wildman–Crippen LogP) is 3.89. The molecule has 0 bridgehead atoms. The van der Waals surface area contributed by atoms with Crippen molar-refractivity contribution in [1.82, 2.24) is 34.7 Å². The number of halogens is 1. The van der Waals surface area contributed by atoms with E-state index in [9.17, 15) is 14.0 Å². The van der Waals surface area contributed by atoms with Crippen molar-refractivity contribution in [3.05, 3.63) is 60.3 Å². The van der Waals surface area contributed by atoms with Crippen LogP contribution in [-0.2, 0) is 9.47 Å². The lowest BCUT2D eigenvalue weighted by Gasteiger charge is -2.35. The van der Waals surface area contributed by atoms with Gasteiger partial charge < -0.3 is 29.5 Å². The first-order valence-corrected chi connectivity index (χ1v) is 14.8. The topological polar surface area (TPSA) is 139 Å². The van der Waals surface area contributed by atoms with Crippen molar-refractivity contribution in [2.24, 2.45) is 0 Å². The van der Waals surface area contributed by atoms with Crippen LogP contribution in [0.1, 0.15) is 31.1 Å². The maximum Gasteiger partial charge on any atom is 0.410 e. The fraction of sp³-hybridized carbons (Fsp3) is 0.387. The second-order valence-electron chi connectivity index (χ2n) is 11.7. The lowest BCUT2D eigenvalue weighted by molar-refractivity contribution is 0.0141. The van der Waals surface area contributed by atoms with Crippen molar-refractivity contribution < 1.29 is 23.5 Å². The van der Waals surface area contributed by atoms with Crippen molar-refractivity contribution in [1.29, 1.82) is 0 Å². The molecule has 1 aromatic carbocycles. The standard InChI is InChI=1S/C31H34FN9O4/c1-31(2,3)45-30(43)41-10-8-40(9-11-41)28(42)21-5-7-25(34-17-21)37-29-35-18-22(32)27(38-29)20-4-6-23-24(16-20)36-26(19-33-23)39-12-14-44-15-13-39/h4-7,16-19H,8-15H2,1-3H3,(H,34,35,37,38). The van der Waals surface area contributed by atoms with Crippen molar-refractivity contribution in [3.8, 4) is 11.3 Å². The summed E-state index contributed by atoms with van der Waals surface area (Å²) in [4.78, 5) is 52.9. The molecule has 4 aromatic rings. The number of carbonyl (C=O) groups excluding carboxylic acids is 2. The van der Waals surface area contributed by atoms with Crippen LogP contribution in [-0.4, -0.2) is 105 Å². The van der Waals surface area contributed by atoms with Crippen molar-refractivity contribution in [2.75, 3.05) is 62.7 Å². The Morgan fingerprint density at radius 1 is 0.867 bits per heavy atom. The van der Waals surface area contributed by atoms with E-state index in [1.807, 2.05) is 20.8 Å². The third kappa shape index (κ3) is 7.06. The van der Waals surface area contributed by atoms with Gasteiger partial charge >= 0.3 is 6.09 Å². The highest BCUT2D eigenvalue weighted by molar-refractivity contribution is 5.94. The zero-order chi connectivity index (χ0) is 31.6. The molecule has 0 spiro atoms. The Morgan fingerprint density at radius 2 is 1.62 bits per heavy atom. The Balaban J connectivity index is 1.11. The van der Waals surface area contributed by atoms with Crippen LogP contribution in [0.5, 0.6) is 0 Å². The molecule has 234 valence electrons. The molecule has 2 fully saturated rings. The van der Waals surface area contributed by atoms with Gasteiger partial charge in [-0.2, -0.15) is 0 Å². The molecule has 0 saturated carbocycles. The SMILES string of the molecule is CC(C)(C)OC(=O)N1CCN(C(=O)c2ccc(Nc3ncc(F)c(-c4ccc5ncc(N6CCOCC6)nc5c4)n3)nc2)CC1. The van der Waals surface area contributed by atoms with Crippen molar-refractivity contribution >= 4 is 40.6 Å². The summed E-state index contributed by atoms with van der Waals surface area (Å²) >= 11 is 0. The number of nitrogens with zero attached hydrogens (tertiary/aromatic N) is 8. The van der Waals surface area contributed by atoms with Gasteiger partial charge in [0.2, 0.25) is 5.95 Å². The predicted molar refractivity (Wildman–Crippen MR) is 165 cm³/mol. The van der Waals surface area contributed by atoms with Crippen LogP contribution in [0, 0.1) is 5.82 Å². The summed E-state index contributed by atoms with van der Waals surface area (Å²) < 4.78 is 25.8. The highest BCUT2D eigenvalue weighted by Crippen LogP contribution is 2.26. The van der Waals surface area contributed by atoms with E-state index in [0.717, 1.165) is 25.1 Å². The summed E-state index contributed by atoms with van der Waals surface area (Å²) in [5.41, 5.74) is 1.76. The molecule has 2 aliphatic rings. The number of hydrogen-bond acceptors (Lipinski definition) is 11. The third-order valence-corrected chi connectivity index (χ3v) is 7.35. The molecule has 2 amide bonds. The molecule has 0 radical (unpaired) electrons. The number of nitrogens with one attached hydrogen (secondary N) is 1. The van der Waals surface area contributed by atoms with Gasteiger partial charge in [0.1, 0.15) is 22.9 Å². The minimum atomic E-state index is -0.585. The summed E-state index contributed by atoms with van der Waals surface area (Å²) in [6, 6.07) is 8.57. The first kappa shape index (κ1) is 30.1. The van der Waals surface area contributed by atoms with E-state index in [1.165, 1.54) is 6.20 Å². The lowest BCUT2D eigenvalue weighted by atomic mass is 10.1. The van der Waals surface area contributed by atoms with E-state index in [-0.39, 0.29) is 23.6 Å². The summed E-state index contributed by atoms with van der Waals surface area (Å²) in [5.74, 6) is 0.500. The van der Waals surface area contributed by atoms with Gasteiger partial charge in [0.25, 0.3) is 5.91 Å². The number of hydrogen-bond donors (Lipinski definition) is 1. The van der Waals surface area contributed by atoms with Crippen LogP contribution in [0.25, 0.3) is 22.3 Å².